The summed E-state index contributed by atoms with van der Waals surface area (Å²) in [6.07, 6.45) is 9.60. The number of rotatable bonds is 2. The third-order valence-electron chi connectivity index (χ3n) is 6.55. The molecule has 112 valence electrons. The summed E-state index contributed by atoms with van der Waals surface area (Å²) in [4.78, 5) is 14.8. The minimum absolute atomic E-state index is 0.137. The molecule has 0 aromatic rings. The lowest BCUT2D eigenvalue weighted by Gasteiger charge is -2.60. The van der Waals surface area contributed by atoms with Crippen molar-refractivity contribution in [2.24, 2.45) is 17.3 Å². The molecule has 1 heterocycles. The van der Waals surface area contributed by atoms with Crippen molar-refractivity contribution in [2.45, 2.75) is 76.4 Å². The van der Waals surface area contributed by atoms with E-state index in [1.54, 1.807) is 0 Å². The molecule has 5 fully saturated rings. The van der Waals surface area contributed by atoms with Gasteiger partial charge in [0.1, 0.15) is 0 Å². The quantitative estimate of drug-likeness (QED) is 0.843. The molecule has 4 bridgehead atoms. The summed E-state index contributed by atoms with van der Waals surface area (Å²) < 4.78 is 0. The maximum Gasteiger partial charge on any atom is 0.223 e. The molecule has 1 amide bonds. The first kappa shape index (κ1) is 13.1. The van der Waals surface area contributed by atoms with E-state index in [-0.39, 0.29) is 5.41 Å². The van der Waals surface area contributed by atoms with Crippen molar-refractivity contribution in [2.75, 3.05) is 6.54 Å². The fourth-order valence-corrected chi connectivity index (χ4v) is 6.33. The Morgan fingerprint density at radius 1 is 1.25 bits per heavy atom. The first-order valence-corrected chi connectivity index (χ1v) is 8.49. The lowest BCUT2D eigenvalue weighted by molar-refractivity contribution is -0.172. The summed E-state index contributed by atoms with van der Waals surface area (Å²) in [5.41, 5.74) is -0.292. The molecule has 4 aliphatic carbocycles. The summed E-state index contributed by atoms with van der Waals surface area (Å²) in [5.74, 6) is 1.73. The van der Waals surface area contributed by atoms with Gasteiger partial charge in [0.05, 0.1) is 5.60 Å². The molecule has 5 aliphatic rings. The van der Waals surface area contributed by atoms with E-state index in [0.29, 0.717) is 30.2 Å². The molecule has 0 spiro atoms. The minimum Gasteiger partial charge on any atom is -0.390 e. The van der Waals surface area contributed by atoms with Crippen LogP contribution in [0.25, 0.3) is 0 Å². The summed E-state index contributed by atoms with van der Waals surface area (Å²) in [6.45, 7) is 3.13. The van der Waals surface area contributed by atoms with Gasteiger partial charge in [0.25, 0.3) is 0 Å². The molecule has 0 aromatic heterocycles. The summed E-state index contributed by atoms with van der Waals surface area (Å²) in [5, 5.41) is 10.8. The lowest BCUT2D eigenvalue weighted by atomic mass is 9.47. The summed E-state index contributed by atoms with van der Waals surface area (Å²) >= 11 is 0. The SMILES string of the molecule is CC1CCCN1C(=O)CC12CC3CC(CC(O)(C3)C1)C2. The zero-order chi connectivity index (χ0) is 14.0. The van der Waals surface area contributed by atoms with Crippen LogP contribution in [0.5, 0.6) is 0 Å². The van der Waals surface area contributed by atoms with Crippen LogP contribution in [0.1, 0.15) is 64.7 Å². The fraction of sp³-hybridized carbons (Fsp3) is 0.941. The van der Waals surface area contributed by atoms with Crippen LogP contribution >= 0.6 is 0 Å². The van der Waals surface area contributed by atoms with E-state index in [1.165, 1.54) is 19.3 Å². The number of likely N-dealkylation sites (tertiary alicyclic amines) is 1. The molecular weight excluding hydrogens is 250 g/mol. The first-order chi connectivity index (χ1) is 9.47. The molecule has 1 saturated heterocycles. The van der Waals surface area contributed by atoms with Crippen LogP contribution in [0.2, 0.25) is 0 Å². The zero-order valence-corrected chi connectivity index (χ0v) is 12.6. The van der Waals surface area contributed by atoms with Crippen LogP contribution in [0, 0.1) is 17.3 Å². The van der Waals surface area contributed by atoms with Crippen LogP contribution in [0.15, 0.2) is 0 Å². The lowest BCUT2D eigenvalue weighted by Crippen LogP contribution is -2.56. The van der Waals surface area contributed by atoms with Gasteiger partial charge in [-0.25, -0.2) is 0 Å². The average Bonchev–Trinajstić information content (AvgIpc) is 2.71. The van der Waals surface area contributed by atoms with Crippen molar-refractivity contribution in [1.82, 2.24) is 4.90 Å². The Balaban J connectivity index is 1.52. The highest BCUT2D eigenvalue weighted by molar-refractivity contribution is 5.77. The van der Waals surface area contributed by atoms with Gasteiger partial charge in [0.2, 0.25) is 5.91 Å². The highest BCUT2D eigenvalue weighted by atomic mass is 16.3. The second kappa shape index (κ2) is 4.22. The second-order valence-electron chi connectivity index (χ2n) is 8.44. The van der Waals surface area contributed by atoms with Crippen molar-refractivity contribution in [3.8, 4) is 0 Å². The Morgan fingerprint density at radius 2 is 1.95 bits per heavy atom. The van der Waals surface area contributed by atoms with E-state index >= 15 is 0 Å². The molecule has 1 N–H and O–H groups in total. The highest BCUT2D eigenvalue weighted by Crippen LogP contribution is 2.62. The van der Waals surface area contributed by atoms with Crippen molar-refractivity contribution < 1.29 is 9.90 Å². The van der Waals surface area contributed by atoms with Gasteiger partial charge in [-0.3, -0.25) is 4.79 Å². The third kappa shape index (κ3) is 2.01. The number of amides is 1. The monoisotopic (exact) mass is 277 g/mol. The van der Waals surface area contributed by atoms with Crippen LogP contribution in [-0.2, 0) is 4.79 Å². The van der Waals surface area contributed by atoms with Gasteiger partial charge < -0.3 is 10.0 Å². The summed E-state index contributed by atoms with van der Waals surface area (Å²) in [6, 6.07) is 0.430. The maximum atomic E-state index is 12.7. The molecule has 1 aliphatic heterocycles. The Kier molecular flexibility index (Phi) is 2.77. The average molecular weight is 277 g/mol. The summed E-state index contributed by atoms with van der Waals surface area (Å²) in [7, 11) is 0. The normalized spacial score (nSPS) is 49.9. The van der Waals surface area contributed by atoms with Gasteiger partial charge in [0.15, 0.2) is 0 Å². The molecule has 3 heteroatoms. The van der Waals surface area contributed by atoms with Gasteiger partial charge >= 0.3 is 0 Å². The van der Waals surface area contributed by atoms with E-state index < -0.39 is 5.60 Å². The smallest absolute Gasteiger partial charge is 0.223 e. The molecule has 0 radical (unpaired) electrons. The van der Waals surface area contributed by atoms with Crippen molar-refractivity contribution in [3.63, 3.8) is 0 Å². The Hall–Kier alpha value is -0.570. The van der Waals surface area contributed by atoms with Gasteiger partial charge in [0, 0.05) is 19.0 Å². The number of hydrogen-bond acceptors (Lipinski definition) is 2. The minimum atomic E-state index is -0.430. The predicted octanol–water partition coefficient (Wildman–Crippen LogP) is 2.72. The van der Waals surface area contributed by atoms with Crippen LogP contribution in [-0.4, -0.2) is 34.1 Å². The number of carbonyl (C=O) groups is 1. The number of carbonyl (C=O) groups excluding carboxylic acids is 1. The van der Waals surface area contributed by atoms with Crippen LogP contribution < -0.4 is 0 Å². The maximum absolute atomic E-state index is 12.7. The molecule has 5 rings (SSSR count). The van der Waals surface area contributed by atoms with Gasteiger partial charge in [-0.05, 0) is 75.5 Å². The van der Waals surface area contributed by atoms with Gasteiger partial charge in [-0.2, -0.15) is 0 Å². The molecule has 20 heavy (non-hydrogen) atoms. The van der Waals surface area contributed by atoms with Crippen LogP contribution in [0.4, 0.5) is 0 Å². The Labute approximate surface area is 121 Å². The topological polar surface area (TPSA) is 40.5 Å². The zero-order valence-electron chi connectivity index (χ0n) is 12.6. The number of aliphatic hydroxyl groups is 1. The second-order valence-corrected chi connectivity index (χ2v) is 8.44. The van der Waals surface area contributed by atoms with Crippen molar-refractivity contribution >= 4 is 5.91 Å². The van der Waals surface area contributed by atoms with Crippen molar-refractivity contribution in [1.29, 1.82) is 0 Å². The molecule has 0 aromatic carbocycles. The predicted molar refractivity (Wildman–Crippen MR) is 77.1 cm³/mol. The highest BCUT2D eigenvalue weighted by Gasteiger charge is 2.57. The first-order valence-electron chi connectivity index (χ1n) is 8.49. The van der Waals surface area contributed by atoms with Gasteiger partial charge in [-0.1, -0.05) is 0 Å². The van der Waals surface area contributed by atoms with Gasteiger partial charge in [-0.15, -0.1) is 0 Å². The van der Waals surface area contributed by atoms with Crippen LogP contribution in [0.3, 0.4) is 0 Å². The van der Waals surface area contributed by atoms with E-state index in [2.05, 4.69) is 11.8 Å². The standard InChI is InChI=1S/C17H27NO2/c1-12-3-2-4-18(12)15(19)10-16-6-13-5-14(7-16)9-17(20,8-13)11-16/h12-14,20H,2-11H2,1H3. The number of nitrogens with zero attached hydrogens (tertiary/aromatic N) is 1. The Morgan fingerprint density at radius 3 is 2.50 bits per heavy atom. The molecule has 3 atom stereocenters. The Bertz CT molecular complexity index is 419. The molecular formula is C17H27NO2. The van der Waals surface area contributed by atoms with E-state index in [1.807, 2.05) is 0 Å². The molecule has 3 nitrogen and oxygen atoms in total. The molecule has 3 unspecified atom stereocenters. The van der Waals surface area contributed by atoms with E-state index in [9.17, 15) is 9.90 Å². The molecule has 4 saturated carbocycles. The largest absolute Gasteiger partial charge is 0.390 e. The fourth-order valence-electron chi connectivity index (χ4n) is 6.33. The van der Waals surface area contributed by atoms with E-state index in [0.717, 1.165) is 38.6 Å². The third-order valence-corrected chi connectivity index (χ3v) is 6.55. The van der Waals surface area contributed by atoms with Crippen molar-refractivity contribution in [3.05, 3.63) is 0 Å². The number of hydrogen-bond donors (Lipinski definition) is 1. The van der Waals surface area contributed by atoms with E-state index in [4.69, 9.17) is 0 Å².